The number of rotatable bonds is 5. The molecule has 94 valence electrons. The molecule has 0 unspecified atom stereocenters. The van der Waals surface area contributed by atoms with Crippen LogP contribution < -0.4 is 5.32 Å². The van der Waals surface area contributed by atoms with E-state index < -0.39 is 0 Å². The maximum absolute atomic E-state index is 11.8. The van der Waals surface area contributed by atoms with E-state index >= 15 is 0 Å². The Bertz CT molecular complexity index is 502. The van der Waals surface area contributed by atoms with Crippen LogP contribution in [0.15, 0.2) is 42.6 Å². The van der Waals surface area contributed by atoms with E-state index in [0.717, 1.165) is 24.1 Å². The normalized spacial score (nSPS) is 10.3. The van der Waals surface area contributed by atoms with E-state index in [0.29, 0.717) is 6.54 Å². The number of hydrogen-bond donors (Lipinski definition) is 2. The van der Waals surface area contributed by atoms with Gasteiger partial charge in [0.15, 0.2) is 0 Å². The molecule has 2 aromatic rings. The van der Waals surface area contributed by atoms with Gasteiger partial charge in [0, 0.05) is 18.4 Å². The van der Waals surface area contributed by atoms with Crippen LogP contribution in [0, 0.1) is 6.92 Å². The van der Waals surface area contributed by atoms with Crippen LogP contribution in [0.5, 0.6) is 0 Å². The van der Waals surface area contributed by atoms with E-state index in [1.165, 1.54) is 5.56 Å². The lowest BCUT2D eigenvalue weighted by atomic mass is 10.1. The van der Waals surface area contributed by atoms with E-state index in [4.69, 9.17) is 0 Å². The molecule has 18 heavy (non-hydrogen) atoms. The SMILES string of the molecule is Cc1[nH]ccc1C(=O)NCCCc1ccccc1. The minimum absolute atomic E-state index is 0.00168. The van der Waals surface area contributed by atoms with Gasteiger partial charge in [0.2, 0.25) is 0 Å². The molecule has 0 fully saturated rings. The Labute approximate surface area is 107 Å². The summed E-state index contributed by atoms with van der Waals surface area (Å²) >= 11 is 0. The Morgan fingerprint density at radius 3 is 2.67 bits per heavy atom. The molecular weight excluding hydrogens is 224 g/mol. The second kappa shape index (κ2) is 6.05. The molecule has 0 aliphatic carbocycles. The molecule has 3 nitrogen and oxygen atoms in total. The lowest BCUT2D eigenvalue weighted by molar-refractivity contribution is 0.0953. The van der Waals surface area contributed by atoms with Gasteiger partial charge in [-0.3, -0.25) is 4.79 Å². The van der Waals surface area contributed by atoms with Crippen molar-refractivity contribution < 1.29 is 4.79 Å². The van der Waals surface area contributed by atoms with Crippen LogP contribution >= 0.6 is 0 Å². The number of benzene rings is 1. The van der Waals surface area contributed by atoms with Crippen LogP contribution in [-0.2, 0) is 6.42 Å². The molecule has 0 aliphatic heterocycles. The smallest absolute Gasteiger partial charge is 0.253 e. The van der Waals surface area contributed by atoms with Gasteiger partial charge in [0.25, 0.3) is 5.91 Å². The zero-order valence-corrected chi connectivity index (χ0v) is 10.6. The molecule has 1 amide bonds. The zero-order valence-electron chi connectivity index (χ0n) is 10.6. The first-order chi connectivity index (χ1) is 8.77. The van der Waals surface area contributed by atoms with E-state index in [2.05, 4.69) is 22.4 Å². The zero-order chi connectivity index (χ0) is 12.8. The molecule has 3 heteroatoms. The number of H-pyrrole nitrogens is 1. The number of carbonyl (C=O) groups excluding carboxylic acids is 1. The third kappa shape index (κ3) is 3.23. The molecule has 1 aromatic heterocycles. The molecule has 0 bridgehead atoms. The number of aromatic amines is 1. The van der Waals surface area contributed by atoms with Crippen molar-refractivity contribution >= 4 is 5.91 Å². The second-order valence-corrected chi connectivity index (χ2v) is 4.36. The molecule has 2 rings (SSSR count). The van der Waals surface area contributed by atoms with E-state index in [-0.39, 0.29) is 5.91 Å². The van der Waals surface area contributed by atoms with Crippen molar-refractivity contribution in [3.05, 3.63) is 59.4 Å². The van der Waals surface area contributed by atoms with Gasteiger partial charge in [-0.1, -0.05) is 30.3 Å². The number of aromatic nitrogens is 1. The summed E-state index contributed by atoms with van der Waals surface area (Å²) in [6, 6.07) is 12.1. The molecule has 0 saturated carbocycles. The molecule has 2 N–H and O–H groups in total. The first-order valence-electron chi connectivity index (χ1n) is 6.23. The van der Waals surface area contributed by atoms with Gasteiger partial charge in [-0.2, -0.15) is 0 Å². The summed E-state index contributed by atoms with van der Waals surface area (Å²) in [4.78, 5) is 14.8. The predicted molar refractivity (Wildman–Crippen MR) is 72.6 cm³/mol. The van der Waals surface area contributed by atoms with Crippen molar-refractivity contribution in [1.82, 2.24) is 10.3 Å². The standard InChI is InChI=1S/C15H18N2O/c1-12-14(9-11-16-12)15(18)17-10-5-8-13-6-3-2-4-7-13/h2-4,6-7,9,11,16H,5,8,10H2,1H3,(H,17,18). The molecule has 0 atom stereocenters. The van der Waals surface area contributed by atoms with Gasteiger partial charge >= 0.3 is 0 Å². The van der Waals surface area contributed by atoms with Gasteiger partial charge in [0.1, 0.15) is 0 Å². The molecule has 1 heterocycles. The van der Waals surface area contributed by atoms with E-state index in [1.807, 2.05) is 31.2 Å². The van der Waals surface area contributed by atoms with Gasteiger partial charge < -0.3 is 10.3 Å². The fraction of sp³-hybridized carbons (Fsp3) is 0.267. The summed E-state index contributed by atoms with van der Waals surface area (Å²) < 4.78 is 0. The summed E-state index contributed by atoms with van der Waals surface area (Å²) in [5.74, 6) is 0.00168. The number of hydrogen-bond acceptors (Lipinski definition) is 1. The molecular formula is C15H18N2O. The lowest BCUT2D eigenvalue weighted by Gasteiger charge is -2.05. The Balaban J connectivity index is 1.73. The molecule has 0 radical (unpaired) electrons. The van der Waals surface area contributed by atoms with Crippen molar-refractivity contribution in [2.75, 3.05) is 6.54 Å². The first kappa shape index (κ1) is 12.4. The van der Waals surface area contributed by atoms with Crippen LogP contribution in [0.1, 0.15) is 28.0 Å². The van der Waals surface area contributed by atoms with Crippen molar-refractivity contribution in [2.45, 2.75) is 19.8 Å². The van der Waals surface area contributed by atoms with Gasteiger partial charge in [-0.25, -0.2) is 0 Å². The van der Waals surface area contributed by atoms with Gasteiger partial charge in [-0.15, -0.1) is 0 Å². The third-order valence-corrected chi connectivity index (χ3v) is 2.97. The van der Waals surface area contributed by atoms with Crippen molar-refractivity contribution in [2.24, 2.45) is 0 Å². The number of carbonyl (C=O) groups is 1. The number of amides is 1. The monoisotopic (exact) mass is 242 g/mol. The summed E-state index contributed by atoms with van der Waals surface area (Å²) in [6.45, 7) is 2.61. The average Bonchev–Trinajstić information content (AvgIpc) is 2.82. The highest BCUT2D eigenvalue weighted by molar-refractivity contribution is 5.95. The minimum Gasteiger partial charge on any atom is -0.365 e. The van der Waals surface area contributed by atoms with Crippen molar-refractivity contribution in [3.63, 3.8) is 0 Å². The fourth-order valence-corrected chi connectivity index (χ4v) is 1.93. The summed E-state index contributed by atoms with van der Waals surface area (Å²) in [7, 11) is 0. The van der Waals surface area contributed by atoms with E-state index in [1.54, 1.807) is 6.20 Å². The molecule has 1 aromatic carbocycles. The quantitative estimate of drug-likeness (QED) is 0.778. The summed E-state index contributed by atoms with van der Waals surface area (Å²) in [5.41, 5.74) is 2.95. The topological polar surface area (TPSA) is 44.9 Å². The Morgan fingerprint density at radius 2 is 2.00 bits per heavy atom. The molecule has 0 aliphatic rings. The summed E-state index contributed by atoms with van der Waals surface area (Å²) in [5, 5.41) is 2.94. The number of aryl methyl sites for hydroxylation is 2. The highest BCUT2D eigenvalue weighted by Crippen LogP contribution is 2.05. The van der Waals surface area contributed by atoms with Gasteiger partial charge in [0.05, 0.1) is 5.56 Å². The molecule has 0 spiro atoms. The van der Waals surface area contributed by atoms with Crippen molar-refractivity contribution in [1.29, 1.82) is 0 Å². The van der Waals surface area contributed by atoms with E-state index in [9.17, 15) is 4.79 Å². The Morgan fingerprint density at radius 1 is 1.22 bits per heavy atom. The van der Waals surface area contributed by atoms with Gasteiger partial charge in [-0.05, 0) is 31.4 Å². The second-order valence-electron chi connectivity index (χ2n) is 4.36. The molecule has 0 saturated heterocycles. The van der Waals surface area contributed by atoms with Crippen LogP contribution in [-0.4, -0.2) is 17.4 Å². The Kier molecular flexibility index (Phi) is 4.18. The fourth-order valence-electron chi connectivity index (χ4n) is 1.93. The van der Waals surface area contributed by atoms with Crippen LogP contribution in [0.2, 0.25) is 0 Å². The third-order valence-electron chi connectivity index (χ3n) is 2.97. The largest absolute Gasteiger partial charge is 0.365 e. The first-order valence-corrected chi connectivity index (χ1v) is 6.23. The highest BCUT2D eigenvalue weighted by atomic mass is 16.1. The lowest BCUT2D eigenvalue weighted by Crippen LogP contribution is -2.25. The number of nitrogens with one attached hydrogen (secondary N) is 2. The average molecular weight is 242 g/mol. The van der Waals surface area contributed by atoms with Crippen LogP contribution in [0.4, 0.5) is 0 Å². The maximum atomic E-state index is 11.8. The van der Waals surface area contributed by atoms with Crippen molar-refractivity contribution in [3.8, 4) is 0 Å². The maximum Gasteiger partial charge on any atom is 0.253 e. The van der Waals surface area contributed by atoms with Crippen LogP contribution in [0.25, 0.3) is 0 Å². The van der Waals surface area contributed by atoms with Crippen LogP contribution in [0.3, 0.4) is 0 Å². The Hall–Kier alpha value is -2.03. The highest BCUT2D eigenvalue weighted by Gasteiger charge is 2.08. The predicted octanol–water partition coefficient (Wildman–Crippen LogP) is 2.69. The minimum atomic E-state index is 0.00168. The summed E-state index contributed by atoms with van der Waals surface area (Å²) in [6.07, 6.45) is 3.74.